The first kappa shape index (κ1) is 13.3. The third-order valence-electron chi connectivity index (χ3n) is 3.17. The van der Waals surface area contributed by atoms with E-state index in [4.69, 9.17) is 0 Å². The van der Waals surface area contributed by atoms with Gasteiger partial charge in [0.05, 0.1) is 0 Å². The fraction of sp³-hybridized carbons (Fsp3) is 0.500. The third-order valence-corrected chi connectivity index (χ3v) is 4.41. The average molecular weight is 264 g/mol. The summed E-state index contributed by atoms with van der Waals surface area (Å²) < 4.78 is 0. The highest BCUT2D eigenvalue weighted by molar-refractivity contribution is 7.99. The van der Waals surface area contributed by atoms with Gasteiger partial charge in [-0.25, -0.2) is 4.79 Å². The lowest BCUT2D eigenvalue weighted by Gasteiger charge is -2.25. The molecule has 2 rings (SSSR count). The second-order valence-electron chi connectivity index (χ2n) is 4.61. The Kier molecular flexibility index (Phi) is 4.17. The number of hydrogen-bond donors (Lipinski definition) is 1. The SMILES string of the molecule is CCNC(=O)N1CCSC1c1ccc(C)cc1C. The minimum atomic E-state index is 0.0486. The number of thioether (sulfide) groups is 1. The van der Waals surface area contributed by atoms with Crippen molar-refractivity contribution in [2.45, 2.75) is 26.1 Å². The second-order valence-corrected chi connectivity index (χ2v) is 5.80. The molecule has 1 N–H and O–H groups in total. The number of amides is 2. The molecule has 1 aliphatic rings. The van der Waals surface area contributed by atoms with E-state index in [1.807, 2.05) is 23.6 Å². The van der Waals surface area contributed by atoms with Crippen molar-refractivity contribution in [2.75, 3.05) is 18.8 Å². The van der Waals surface area contributed by atoms with Gasteiger partial charge in [-0.3, -0.25) is 0 Å². The molecular weight excluding hydrogens is 244 g/mol. The van der Waals surface area contributed by atoms with Gasteiger partial charge in [-0.05, 0) is 31.9 Å². The number of nitrogens with one attached hydrogen (secondary N) is 1. The molecule has 1 aromatic rings. The topological polar surface area (TPSA) is 32.3 Å². The number of aryl methyl sites for hydroxylation is 2. The molecule has 1 heterocycles. The van der Waals surface area contributed by atoms with Crippen molar-refractivity contribution >= 4 is 17.8 Å². The zero-order chi connectivity index (χ0) is 13.1. The van der Waals surface area contributed by atoms with Gasteiger partial charge >= 0.3 is 6.03 Å². The van der Waals surface area contributed by atoms with Crippen LogP contribution in [0.2, 0.25) is 0 Å². The smallest absolute Gasteiger partial charge is 0.318 e. The minimum absolute atomic E-state index is 0.0486. The van der Waals surface area contributed by atoms with Crippen LogP contribution < -0.4 is 5.32 Å². The molecule has 2 amide bonds. The molecule has 98 valence electrons. The lowest BCUT2D eigenvalue weighted by Crippen LogP contribution is -2.39. The second kappa shape index (κ2) is 5.65. The maximum atomic E-state index is 12.0. The van der Waals surface area contributed by atoms with Gasteiger partial charge < -0.3 is 10.2 Å². The fourth-order valence-electron chi connectivity index (χ4n) is 2.29. The molecule has 0 radical (unpaired) electrons. The Bertz CT molecular complexity index is 447. The molecule has 4 heteroatoms. The maximum Gasteiger partial charge on any atom is 0.318 e. The first-order valence-corrected chi connectivity index (χ1v) is 7.41. The van der Waals surface area contributed by atoms with Crippen LogP contribution in [0.4, 0.5) is 4.79 Å². The van der Waals surface area contributed by atoms with E-state index in [1.165, 1.54) is 16.7 Å². The van der Waals surface area contributed by atoms with Gasteiger partial charge in [0.25, 0.3) is 0 Å². The summed E-state index contributed by atoms with van der Waals surface area (Å²) in [6.07, 6.45) is 0. The number of hydrogen-bond acceptors (Lipinski definition) is 2. The summed E-state index contributed by atoms with van der Waals surface area (Å²) >= 11 is 1.84. The van der Waals surface area contributed by atoms with Crippen LogP contribution in [0.3, 0.4) is 0 Å². The lowest BCUT2D eigenvalue weighted by molar-refractivity contribution is 0.201. The Hall–Kier alpha value is -1.16. The Morgan fingerprint density at radius 1 is 1.50 bits per heavy atom. The minimum Gasteiger partial charge on any atom is -0.338 e. The summed E-state index contributed by atoms with van der Waals surface area (Å²) in [5.41, 5.74) is 3.79. The Morgan fingerprint density at radius 3 is 2.94 bits per heavy atom. The van der Waals surface area contributed by atoms with Gasteiger partial charge in [0.2, 0.25) is 0 Å². The van der Waals surface area contributed by atoms with Crippen LogP contribution in [-0.2, 0) is 0 Å². The fourth-order valence-corrected chi connectivity index (χ4v) is 3.64. The number of rotatable bonds is 2. The highest BCUT2D eigenvalue weighted by atomic mass is 32.2. The van der Waals surface area contributed by atoms with E-state index in [0.717, 1.165) is 12.3 Å². The van der Waals surface area contributed by atoms with Gasteiger partial charge in [0, 0.05) is 18.8 Å². The molecule has 1 aromatic carbocycles. The molecule has 1 saturated heterocycles. The largest absolute Gasteiger partial charge is 0.338 e. The van der Waals surface area contributed by atoms with E-state index in [-0.39, 0.29) is 11.4 Å². The third kappa shape index (κ3) is 2.64. The van der Waals surface area contributed by atoms with Gasteiger partial charge in [0.1, 0.15) is 5.37 Å². The van der Waals surface area contributed by atoms with Crippen molar-refractivity contribution in [3.05, 3.63) is 34.9 Å². The van der Waals surface area contributed by atoms with Crippen LogP contribution in [0.5, 0.6) is 0 Å². The maximum absolute atomic E-state index is 12.0. The van der Waals surface area contributed by atoms with Gasteiger partial charge in [-0.1, -0.05) is 23.8 Å². The summed E-state index contributed by atoms with van der Waals surface area (Å²) in [6, 6.07) is 6.51. The first-order chi connectivity index (χ1) is 8.63. The van der Waals surface area contributed by atoms with E-state index in [9.17, 15) is 4.79 Å². The Balaban J connectivity index is 2.23. The molecule has 1 fully saturated rings. The standard InChI is InChI=1S/C14H20N2OS/c1-4-15-14(17)16-7-8-18-13(16)12-6-5-10(2)9-11(12)3/h5-6,9,13H,4,7-8H2,1-3H3,(H,15,17). The van der Waals surface area contributed by atoms with E-state index in [1.54, 1.807) is 0 Å². The monoisotopic (exact) mass is 264 g/mol. The lowest BCUT2D eigenvalue weighted by atomic mass is 10.1. The van der Waals surface area contributed by atoms with Crippen molar-refractivity contribution in [3.63, 3.8) is 0 Å². The van der Waals surface area contributed by atoms with Crippen molar-refractivity contribution in [2.24, 2.45) is 0 Å². The number of carbonyl (C=O) groups is 1. The van der Waals surface area contributed by atoms with Crippen molar-refractivity contribution in [1.82, 2.24) is 10.2 Å². The molecule has 0 saturated carbocycles. The van der Waals surface area contributed by atoms with E-state index < -0.39 is 0 Å². The molecular formula is C14H20N2OS. The van der Waals surface area contributed by atoms with Gasteiger partial charge in [-0.15, -0.1) is 11.8 Å². The van der Waals surface area contributed by atoms with Crippen LogP contribution in [0, 0.1) is 13.8 Å². The normalized spacial score (nSPS) is 19.1. The predicted molar refractivity (Wildman–Crippen MR) is 76.9 cm³/mol. The summed E-state index contributed by atoms with van der Waals surface area (Å²) in [7, 11) is 0. The van der Waals surface area contributed by atoms with Crippen molar-refractivity contribution < 1.29 is 4.79 Å². The molecule has 0 aromatic heterocycles. The van der Waals surface area contributed by atoms with Crippen LogP contribution in [0.25, 0.3) is 0 Å². The van der Waals surface area contributed by atoms with E-state index in [0.29, 0.717) is 6.54 Å². The Morgan fingerprint density at radius 2 is 2.28 bits per heavy atom. The highest BCUT2D eigenvalue weighted by Gasteiger charge is 2.31. The van der Waals surface area contributed by atoms with Gasteiger partial charge in [0.15, 0.2) is 0 Å². The molecule has 0 spiro atoms. The van der Waals surface area contributed by atoms with Crippen LogP contribution in [0.15, 0.2) is 18.2 Å². The molecule has 0 aliphatic carbocycles. The van der Waals surface area contributed by atoms with Crippen LogP contribution in [-0.4, -0.2) is 29.8 Å². The van der Waals surface area contributed by atoms with E-state index in [2.05, 4.69) is 37.4 Å². The number of carbonyl (C=O) groups excluding carboxylic acids is 1. The summed E-state index contributed by atoms with van der Waals surface area (Å²) in [4.78, 5) is 13.9. The molecule has 1 atom stereocenters. The molecule has 18 heavy (non-hydrogen) atoms. The molecule has 0 bridgehead atoms. The summed E-state index contributed by atoms with van der Waals surface area (Å²) in [6.45, 7) is 7.68. The number of benzene rings is 1. The quantitative estimate of drug-likeness (QED) is 0.890. The molecule has 1 aliphatic heterocycles. The summed E-state index contributed by atoms with van der Waals surface area (Å²) in [5, 5.41) is 3.06. The number of nitrogens with zero attached hydrogens (tertiary/aromatic N) is 1. The first-order valence-electron chi connectivity index (χ1n) is 6.36. The van der Waals surface area contributed by atoms with Gasteiger partial charge in [-0.2, -0.15) is 0 Å². The number of urea groups is 1. The van der Waals surface area contributed by atoms with E-state index >= 15 is 0 Å². The van der Waals surface area contributed by atoms with Crippen molar-refractivity contribution in [3.8, 4) is 0 Å². The zero-order valence-corrected chi connectivity index (χ0v) is 12.0. The highest BCUT2D eigenvalue weighted by Crippen LogP contribution is 2.39. The zero-order valence-electron chi connectivity index (χ0n) is 11.2. The Labute approximate surface area is 113 Å². The molecule has 1 unspecified atom stereocenters. The predicted octanol–water partition coefficient (Wildman–Crippen LogP) is 3.08. The van der Waals surface area contributed by atoms with Crippen LogP contribution >= 0.6 is 11.8 Å². The molecule has 3 nitrogen and oxygen atoms in total. The summed E-state index contributed by atoms with van der Waals surface area (Å²) in [5.74, 6) is 1.01. The van der Waals surface area contributed by atoms with Crippen LogP contribution in [0.1, 0.15) is 29.0 Å². The average Bonchev–Trinajstić information content (AvgIpc) is 2.78. The van der Waals surface area contributed by atoms with Crippen molar-refractivity contribution in [1.29, 1.82) is 0 Å².